The summed E-state index contributed by atoms with van der Waals surface area (Å²) in [5.41, 5.74) is 0.743. The van der Waals surface area contributed by atoms with Crippen LogP contribution in [-0.2, 0) is 6.42 Å². The largest absolute Gasteiger partial charge is 0.492 e. The Morgan fingerprint density at radius 1 is 0.867 bits per heavy atom. The van der Waals surface area contributed by atoms with Crippen LogP contribution in [0.2, 0.25) is 5.02 Å². The summed E-state index contributed by atoms with van der Waals surface area (Å²) in [6, 6.07) is 3.68. The molecule has 0 aromatic heterocycles. The Balaban J connectivity index is 1.38. The summed E-state index contributed by atoms with van der Waals surface area (Å²) in [6.07, 6.45) is 18.9. The van der Waals surface area contributed by atoms with Crippen molar-refractivity contribution in [2.75, 3.05) is 6.61 Å². The number of halogens is 2. The quantitative estimate of drug-likeness (QED) is 0.332. The third-order valence-electron chi connectivity index (χ3n) is 7.91. The van der Waals surface area contributed by atoms with Crippen molar-refractivity contribution in [3.8, 4) is 5.75 Å². The van der Waals surface area contributed by atoms with Gasteiger partial charge in [0.15, 0.2) is 0 Å². The lowest BCUT2D eigenvalue weighted by molar-refractivity contribution is 0.140. The zero-order valence-corrected chi connectivity index (χ0v) is 20.0. The van der Waals surface area contributed by atoms with Crippen molar-refractivity contribution in [1.29, 1.82) is 0 Å². The van der Waals surface area contributed by atoms with Crippen molar-refractivity contribution in [2.45, 2.75) is 104 Å². The average Bonchev–Trinajstić information content (AvgIpc) is 2.78. The molecule has 1 nitrogen and oxygen atoms in total. The molecular weight excluding hydrogens is 395 g/mol. The van der Waals surface area contributed by atoms with Crippen LogP contribution >= 0.6 is 11.6 Å². The zero-order valence-electron chi connectivity index (χ0n) is 19.2. The van der Waals surface area contributed by atoms with Crippen LogP contribution in [0.25, 0.3) is 0 Å². The first-order valence-corrected chi connectivity index (χ1v) is 13.1. The molecule has 0 atom stereocenters. The number of ether oxygens (including phenoxy) is 1. The maximum atomic E-state index is 14.6. The summed E-state index contributed by atoms with van der Waals surface area (Å²) in [5, 5.41) is 0.142. The third kappa shape index (κ3) is 6.62. The molecular formula is C27H42ClFO. The molecule has 0 unspecified atom stereocenters. The minimum absolute atomic E-state index is 0.142. The molecule has 2 fully saturated rings. The van der Waals surface area contributed by atoms with Crippen LogP contribution in [0.15, 0.2) is 12.1 Å². The fraction of sp³-hybridized carbons (Fsp3) is 0.778. The van der Waals surface area contributed by atoms with Crippen LogP contribution < -0.4 is 4.74 Å². The molecule has 2 aliphatic carbocycles. The lowest BCUT2D eigenvalue weighted by atomic mass is 9.68. The first-order chi connectivity index (χ1) is 14.6. The molecule has 30 heavy (non-hydrogen) atoms. The van der Waals surface area contributed by atoms with Crippen LogP contribution in [0.1, 0.15) is 103 Å². The lowest BCUT2D eigenvalue weighted by Gasteiger charge is -2.38. The van der Waals surface area contributed by atoms with E-state index in [-0.39, 0.29) is 10.8 Å². The lowest BCUT2D eigenvalue weighted by Crippen LogP contribution is -2.26. The fourth-order valence-corrected chi connectivity index (χ4v) is 6.21. The van der Waals surface area contributed by atoms with Gasteiger partial charge in [-0.05, 0) is 80.8 Å². The second kappa shape index (κ2) is 12.3. The van der Waals surface area contributed by atoms with Gasteiger partial charge in [-0.25, -0.2) is 4.39 Å². The molecule has 0 spiro atoms. The molecule has 3 heteroatoms. The van der Waals surface area contributed by atoms with E-state index >= 15 is 0 Å². The monoisotopic (exact) mass is 436 g/mol. The second-order valence-corrected chi connectivity index (χ2v) is 10.3. The molecule has 1 aromatic rings. The van der Waals surface area contributed by atoms with Crippen molar-refractivity contribution in [3.63, 3.8) is 0 Å². The highest BCUT2D eigenvalue weighted by molar-refractivity contribution is 6.32. The topological polar surface area (TPSA) is 9.23 Å². The van der Waals surface area contributed by atoms with Crippen molar-refractivity contribution < 1.29 is 9.13 Å². The van der Waals surface area contributed by atoms with Gasteiger partial charge in [0.2, 0.25) is 0 Å². The molecule has 2 saturated carbocycles. The minimum Gasteiger partial charge on any atom is -0.492 e. The van der Waals surface area contributed by atoms with E-state index in [0.29, 0.717) is 12.4 Å². The maximum absolute atomic E-state index is 14.6. The first-order valence-electron chi connectivity index (χ1n) is 12.7. The number of benzene rings is 1. The predicted octanol–water partition coefficient (Wildman–Crippen LogP) is 9.00. The van der Waals surface area contributed by atoms with Crippen molar-refractivity contribution >= 4 is 11.6 Å². The van der Waals surface area contributed by atoms with Crippen LogP contribution in [-0.4, -0.2) is 6.61 Å². The zero-order chi connectivity index (χ0) is 21.3. The Hall–Kier alpha value is -0.760. The minimum atomic E-state index is -0.285. The van der Waals surface area contributed by atoms with Gasteiger partial charge in [0.1, 0.15) is 16.6 Å². The molecule has 0 saturated heterocycles. The third-order valence-corrected chi connectivity index (χ3v) is 8.27. The summed E-state index contributed by atoms with van der Waals surface area (Å²) in [6.45, 7) is 4.69. The van der Waals surface area contributed by atoms with Gasteiger partial charge in [-0.3, -0.25) is 0 Å². The number of rotatable bonds is 10. The predicted molar refractivity (Wildman–Crippen MR) is 126 cm³/mol. The summed E-state index contributed by atoms with van der Waals surface area (Å²) in [5.74, 6) is 3.87. The Bertz CT molecular complexity index is 630. The molecule has 0 radical (unpaired) electrons. The van der Waals surface area contributed by atoms with Crippen LogP contribution in [0.3, 0.4) is 0 Å². The summed E-state index contributed by atoms with van der Waals surface area (Å²) in [7, 11) is 0. The van der Waals surface area contributed by atoms with E-state index < -0.39 is 0 Å². The van der Waals surface area contributed by atoms with Crippen molar-refractivity contribution in [1.82, 2.24) is 0 Å². The standard InChI is InChI=1S/C27H42ClFO/c1-3-5-6-7-20-8-13-22(14-9-20)23-15-10-21(11-16-23)12-17-24-18-19-25(30-4-2)26(28)27(24)29/h18-23H,3-17H2,1-2H3. The number of aryl methyl sites for hydroxylation is 1. The molecule has 2 aliphatic rings. The van der Waals surface area contributed by atoms with Gasteiger partial charge in [-0.2, -0.15) is 0 Å². The molecule has 0 bridgehead atoms. The number of unbranched alkanes of at least 4 members (excludes halogenated alkanes) is 2. The van der Waals surface area contributed by atoms with E-state index in [1.807, 2.05) is 19.1 Å². The summed E-state index contributed by atoms with van der Waals surface area (Å²) in [4.78, 5) is 0. The van der Waals surface area contributed by atoms with Crippen molar-refractivity contribution in [2.24, 2.45) is 23.7 Å². The molecule has 0 heterocycles. The molecule has 0 aliphatic heterocycles. The van der Waals surface area contributed by atoms with Crippen LogP contribution in [0, 0.1) is 29.5 Å². The Morgan fingerprint density at radius 2 is 1.47 bits per heavy atom. The number of hydrogen-bond acceptors (Lipinski definition) is 1. The molecule has 0 N–H and O–H groups in total. The smallest absolute Gasteiger partial charge is 0.148 e. The summed E-state index contributed by atoms with van der Waals surface area (Å²) >= 11 is 6.15. The molecule has 0 amide bonds. The SMILES string of the molecule is CCCCCC1CCC(C2CCC(CCc3ccc(OCC)c(Cl)c3F)CC2)CC1. The highest BCUT2D eigenvalue weighted by atomic mass is 35.5. The average molecular weight is 437 g/mol. The van der Waals surface area contributed by atoms with E-state index in [1.54, 1.807) is 0 Å². The van der Waals surface area contributed by atoms with Gasteiger partial charge >= 0.3 is 0 Å². The van der Waals surface area contributed by atoms with E-state index in [9.17, 15) is 4.39 Å². The Morgan fingerprint density at radius 3 is 2.03 bits per heavy atom. The normalized spacial score (nSPS) is 27.2. The Labute approximate surface area is 189 Å². The van der Waals surface area contributed by atoms with E-state index in [1.165, 1.54) is 77.0 Å². The van der Waals surface area contributed by atoms with Gasteiger partial charge < -0.3 is 4.74 Å². The first kappa shape index (κ1) is 23.9. The Kier molecular flexibility index (Phi) is 9.81. The second-order valence-electron chi connectivity index (χ2n) is 9.88. The van der Waals surface area contributed by atoms with Gasteiger partial charge in [0, 0.05) is 0 Å². The van der Waals surface area contributed by atoms with E-state index in [4.69, 9.17) is 16.3 Å². The van der Waals surface area contributed by atoms with Crippen LogP contribution in [0.5, 0.6) is 5.75 Å². The fourth-order valence-electron chi connectivity index (χ4n) is 5.97. The van der Waals surface area contributed by atoms with Gasteiger partial charge in [0.25, 0.3) is 0 Å². The highest BCUT2D eigenvalue weighted by Crippen LogP contribution is 2.43. The van der Waals surface area contributed by atoms with Gasteiger partial charge in [-0.1, -0.05) is 76.0 Å². The van der Waals surface area contributed by atoms with Gasteiger partial charge in [-0.15, -0.1) is 0 Å². The van der Waals surface area contributed by atoms with E-state index in [0.717, 1.165) is 42.1 Å². The maximum Gasteiger partial charge on any atom is 0.148 e. The van der Waals surface area contributed by atoms with Gasteiger partial charge in [0.05, 0.1) is 6.61 Å². The highest BCUT2D eigenvalue weighted by Gasteiger charge is 2.30. The molecule has 1 aromatic carbocycles. The summed E-state index contributed by atoms with van der Waals surface area (Å²) < 4.78 is 20.0. The number of hydrogen-bond donors (Lipinski definition) is 0. The molecule has 170 valence electrons. The van der Waals surface area contributed by atoms with Crippen LogP contribution in [0.4, 0.5) is 4.39 Å². The molecule has 3 rings (SSSR count). The van der Waals surface area contributed by atoms with Crippen molar-refractivity contribution in [3.05, 3.63) is 28.5 Å². The van der Waals surface area contributed by atoms with E-state index in [2.05, 4.69) is 6.92 Å².